The van der Waals surface area contributed by atoms with Gasteiger partial charge in [-0.1, -0.05) is 83.9 Å². The molecule has 0 aliphatic rings. The monoisotopic (exact) mass is 312 g/mol. The van der Waals surface area contributed by atoms with E-state index in [-0.39, 0.29) is 0 Å². The van der Waals surface area contributed by atoms with Crippen LogP contribution in [0.15, 0.2) is 72.8 Å². The lowest BCUT2D eigenvalue weighted by Crippen LogP contribution is -1.78. The molecular weight excluding hydrogens is 288 g/mol. The zero-order valence-corrected chi connectivity index (χ0v) is 14.9. The van der Waals surface area contributed by atoms with Crippen LogP contribution in [0.2, 0.25) is 0 Å². The largest absolute Gasteiger partial charge is 0.0614 e. The first-order chi connectivity index (χ1) is 11.5. The van der Waals surface area contributed by atoms with E-state index < -0.39 is 0 Å². The molecule has 4 rings (SSSR count). The van der Waals surface area contributed by atoms with Gasteiger partial charge in [-0.25, -0.2) is 0 Å². The number of benzene rings is 4. The minimum absolute atomic E-state index is 1.33. The minimum atomic E-state index is 1.33. The highest BCUT2D eigenvalue weighted by Crippen LogP contribution is 2.19. The molecule has 0 amide bonds. The second kappa shape index (κ2) is 6.88. The predicted molar refractivity (Wildman–Crippen MR) is 107 cm³/mol. The van der Waals surface area contributed by atoms with E-state index in [4.69, 9.17) is 0 Å². The van der Waals surface area contributed by atoms with Crippen molar-refractivity contribution >= 4 is 21.5 Å². The van der Waals surface area contributed by atoms with Crippen molar-refractivity contribution in [3.63, 3.8) is 0 Å². The quantitative estimate of drug-likeness (QED) is 0.331. The molecular formula is C24H24. The van der Waals surface area contributed by atoms with Gasteiger partial charge in [0.15, 0.2) is 0 Å². The Balaban J connectivity index is 0.000000141. The maximum Gasteiger partial charge on any atom is -0.0152 e. The van der Waals surface area contributed by atoms with Gasteiger partial charge in [0.25, 0.3) is 0 Å². The SMILES string of the molecule is Cc1ccc2cccc(C)c2c1.Cc1ccc2cccc(C)c2c1. The molecule has 0 radical (unpaired) electrons. The Morgan fingerprint density at radius 2 is 0.875 bits per heavy atom. The Bertz CT molecular complexity index is 910. The fourth-order valence-electron chi connectivity index (χ4n) is 3.09. The van der Waals surface area contributed by atoms with E-state index in [0.29, 0.717) is 0 Å². The van der Waals surface area contributed by atoms with Gasteiger partial charge >= 0.3 is 0 Å². The topological polar surface area (TPSA) is 0 Å². The van der Waals surface area contributed by atoms with Crippen molar-refractivity contribution in [3.05, 3.63) is 95.1 Å². The van der Waals surface area contributed by atoms with E-state index in [1.807, 2.05) is 0 Å². The second-order valence-electron chi connectivity index (χ2n) is 6.60. The zero-order chi connectivity index (χ0) is 17.1. The van der Waals surface area contributed by atoms with Crippen molar-refractivity contribution in [2.24, 2.45) is 0 Å². The Kier molecular flexibility index (Phi) is 4.66. The van der Waals surface area contributed by atoms with E-state index in [1.165, 1.54) is 43.8 Å². The lowest BCUT2D eigenvalue weighted by molar-refractivity contribution is 1.47. The van der Waals surface area contributed by atoms with E-state index in [2.05, 4.69) is 100 Å². The molecule has 120 valence electrons. The van der Waals surface area contributed by atoms with Gasteiger partial charge in [-0.2, -0.15) is 0 Å². The van der Waals surface area contributed by atoms with E-state index >= 15 is 0 Å². The predicted octanol–water partition coefficient (Wildman–Crippen LogP) is 6.91. The highest BCUT2D eigenvalue weighted by atomic mass is 14.0. The number of hydrogen-bond acceptors (Lipinski definition) is 0. The normalized spacial score (nSPS) is 10.5. The minimum Gasteiger partial charge on any atom is -0.0614 e. The van der Waals surface area contributed by atoms with Crippen LogP contribution in [-0.4, -0.2) is 0 Å². The second-order valence-corrected chi connectivity index (χ2v) is 6.60. The van der Waals surface area contributed by atoms with Crippen molar-refractivity contribution in [2.75, 3.05) is 0 Å². The molecule has 0 aromatic heterocycles. The molecule has 0 spiro atoms. The summed E-state index contributed by atoms with van der Waals surface area (Å²) in [5.41, 5.74) is 5.38. The summed E-state index contributed by atoms with van der Waals surface area (Å²) in [7, 11) is 0. The average molecular weight is 312 g/mol. The molecule has 4 aromatic carbocycles. The number of aryl methyl sites for hydroxylation is 4. The summed E-state index contributed by atoms with van der Waals surface area (Å²) in [5, 5.41) is 5.41. The maximum atomic E-state index is 2.24. The Morgan fingerprint density at radius 1 is 0.458 bits per heavy atom. The third kappa shape index (κ3) is 3.49. The van der Waals surface area contributed by atoms with Crippen LogP contribution in [0, 0.1) is 27.7 Å². The first kappa shape index (κ1) is 16.3. The maximum absolute atomic E-state index is 2.24. The Hall–Kier alpha value is -2.60. The number of rotatable bonds is 0. The van der Waals surface area contributed by atoms with Crippen molar-refractivity contribution in [2.45, 2.75) is 27.7 Å². The molecule has 4 aromatic rings. The fraction of sp³-hybridized carbons (Fsp3) is 0.167. The van der Waals surface area contributed by atoms with Gasteiger partial charge in [-0.15, -0.1) is 0 Å². The molecule has 0 bridgehead atoms. The van der Waals surface area contributed by atoms with Gasteiger partial charge in [-0.05, 0) is 60.4 Å². The third-order valence-corrected chi connectivity index (χ3v) is 4.51. The van der Waals surface area contributed by atoms with Crippen LogP contribution in [0.3, 0.4) is 0 Å². The van der Waals surface area contributed by atoms with Crippen LogP contribution in [0.4, 0.5) is 0 Å². The third-order valence-electron chi connectivity index (χ3n) is 4.51. The van der Waals surface area contributed by atoms with Crippen molar-refractivity contribution in [1.82, 2.24) is 0 Å². The van der Waals surface area contributed by atoms with Gasteiger partial charge in [0.05, 0.1) is 0 Å². The van der Waals surface area contributed by atoms with Gasteiger partial charge in [0.1, 0.15) is 0 Å². The van der Waals surface area contributed by atoms with E-state index in [0.717, 1.165) is 0 Å². The first-order valence-electron chi connectivity index (χ1n) is 8.46. The highest BCUT2D eigenvalue weighted by Gasteiger charge is 1.96. The summed E-state index contributed by atoms with van der Waals surface area (Å²) in [6.07, 6.45) is 0. The summed E-state index contributed by atoms with van der Waals surface area (Å²) in [6.45, 7) is 8.57. The lowest BCUT2D eigenvalue weighted by Gasteiger charge is -2.01. The van der Waals surface area contributed by atoms with Crippen LogP contribution in [0.25, 0.3) is 21.5 Å². The smallest absolute Gasteiger partial charge is 0.0152 e. The molecule has 0 atom stereocenters. The van der Waals surface area contributed by atoms with Crippen LogP contribution < -0.4 is 0 Å². The van der Waals surface area contributed by atoms with E-state index in [9.17, 15) is 0 Å². The molecule has 0 aliphatic carbocycles. The standard InChI is InChI=1S/2C12H12/c2*1-9-6-7-11-5-3-4-10(2)12(11)8-9/h2*3-8H,1-2H3. The fourth-order valence-corrected chi connectivity index (χ4v) is 3.09. The molecule has 0 fully saturated rings. The summed E-state index contributed by atoms with van der Waals surface area (Å²) in [6, 6.07) is 26.0. The molecule has 0 saturated carbocycles. The first-order valence-corrected chi connectivity index (χ1v) is 8.46. The van der Waals surface area contributed by atoms with Crippen LogP contribution >= 0.6 is 0 Å². The number of hydrogen-bond donors (Lipinski definition) is 0. The summed E-state index contributed by atoms with van der Waals surface area (Å²) >= 11 is 0. The lowest BCUT2D eigenvalue weighted by atomic mass is 10.0. The van der Waals surface area contributed by atoms with Crippen LogP contribution in [0.5, 0.6) is 0 Å². The summed E-state index contributed by atoms with van der Waals surface area (Å²) in [5.74, 6) is 0. The molecule has 0 saturated heterocycles. The van der Waals surface area contributed by atoms with Crippen molar-refractivity contribution in [1.29, 1.82) is 0 Å². The average Bonchev–Trinajstić information content (AvgIpc) is 2.57. The van der Waals surface area contributed by atoms with Gasteiger partial charge in [0, 0.05) is 0 Å². The molecule has 0 heteroatoms. The van der Waals surface area contributed by atoms with Gasteiger partial charge in [-0.3, -0.25) is 0 Å². The summed E-state index contributed by atoms with van der Waals surface area (Å²) in [4.78, 5) is 0. The molecule has 0 N–H and O–H groups in total. The van der Waals surface area contributed by atoms with Crippen molar-refractivity contribution < 1.29 is 0 Å². The molecule has 0 unspecified atom stereocenters. The summed E-state index contributed by atoms with van der Waals surface area (Å²) < 4.78 is 0. The molecule has 24 heavy (non-hydrogen) atoms. The van der Waals surface area contributed by atoms with Gasteiger partial charge in [0.2, 0.25) is 0 Å². The zero-order valence-electron chi connectivity index (χ0n) is 14.9. The molecule has 0 heterocycles. The van der Waals surface area contributed by atoms with E-state index in [1.54, 1.807) is 0 Å². The number of fused-ring (bicyclic) bond motifs is 2. The Morgan fingerprint density at radius 3 is 1.29 bits per heavy atom. The van der Waals surface area contributed by atoms with Gasteiger partial charge < -0.3 is 0 Å². The highest BCUT2D eigenvalue weighted by molar-refractivity contribution is 5.86. The molecule has 0 aliphatic heterocycles. The van der Waals surface area contributed by atoms with Crippen LogP contribution in [-0.2, 0) is 0 Å². The Labute approximate surface area is 144 Å². The van der Waals surface area contributed by atoms with Crippen LogP contribution in [0.1, 0.15) is 22.3 Å². The molecule has 0 nitrogen and oxygen atoms in total. The van der Waals surface area contributed by atoms with Crippen molar-refractivity contribution in [3.8, 4) is 0 Å².